The van der Waals surface area contributed by atoms with Gasteiger partial charge in [-0.05, 0) is 6.42 Å². The van der Waals surface area contributed by atoms with Crippen LogP contribution in [0.5, 0.6) is 0 Å². The van der Waals surface area contributed by atoms with E-state index < -0.39 is 8.07 Å². The summed E-state index contributed by atoms with van der Waals surface area (Å²) in [6.07, 6.45) is 3.43. The van der Waals surface area contributed by atoms with Crippen molar-refractivity contribution in [2.45, 2.75) is 51.2 Å². The Balaban J connectivity index is 3.79. The fraction of sp³-hybridized carbons (Fsp3) is 0.800. The van der Waals surface area contributed by atoms with Gasteiger partial charge < -0.3 is 0 Å². The van der Waals surface area contributed by atoms with Crippen LogP contribution in [-0.2, 0) is 0 Å². The van der Waals surface area contributed by atoms with Crippen molar-refractivity contribution in [2.24, 2.45) is 0 Å². The number of alkyl halides is 1. The largest absolute Gasteiger partial charge is 0.130 e. The predicted octanol–water partition coefficient (Wildman–Crippen LogP) is 3.66. The summed E-state index contributed by atoms with van der Waals surface area (Å²) in [5.41, 5.74) is 3.29. The Morgan fingerprint density at radius 3 is 2.33 bits per heavy atom. The van der Waals surface area contributed by atoms with Crippen molar-refractivity contribution in [3.05, 3.63) is 0 Å². The molecule has 0 N–H and O–H groups in total. The van der Waals surface area contributed by atoms with E-state index in [1.54, 1.807) is 0 Å². The topological polar surface area (TPSA) is 0 Å². The highest BCUT2D eigenvalue weighted by atomic mass is 35.5. The van der Waals surface area contributed by atoms with E-state index in [1.165, 1.54) is 12.8 Å². The van der Waals surface area contributed by atoms with E-state index in [9.17, 15) is 0 Å². The third-order valence-corrected chi connectivity index (χ3v) is 2.64. The molecule has 0 radical (unpaired) electrons. The smallest absolute Gasteiger partial charge is 0.129 e. The van der Waals surface area contributed by atoms with Gasteiger partial charge in [0.2, 0.25) is 0 Å². The summed E-state index contributed by atoms with van der Waals surface area (Å²) in [7, 11) is -1.20. The molecule has 0 aliphatic heterocycles. The quantitative estimate of drug-likeness (QED) is 0.372. The molecule has 0 unspecified atom stereocenters. The van der Waals surface area contributed by atoms with Crippen molar-refractivity contribution in [3.8, 4) is 11.5 Å². The zero-order chi connectivity index (χ0) is 9.61. The van der Waals surface area contributed by atoms with Crippen molar-refractivity contribution in [2.75, 3.05) is 0 Å². The van der Waals surface area contributed by atoms with Gasteiger partial charge in [-0.25, -0.2) is 0 Å². The van der Waals surface area contributed by atoms with Crippen molar-refractivity contribution < 1.29 is 0 Å². The summed E-state index contributed by atoms with van der Waals surface area (Å²) in [6, 6.07) is 0. The lowest BCUT2D eigenvalue weighted by molar-refractivity contribution is 0.741. The van der Waals surface area contributed by atoms with Crippen molar-refractivity contribution >= 4 is 19.7 Å². The van der Waals surface area contributed by atoms with E-state index >= 15 is 0 Å². The van der Waals surface area contributed by atoms with Crippen molar-refractivity contribution in [3.63, 3.8) is 0 Å². The lowest BCUT2D eigenvalue weighted by Crippen LogP contribution is -2.17. The van der Waals surface area contributed by atoms with E-state index in [-0.39, 0.29) is 5.38 Å². The van der Waals surface area contributed by atoms with Gasteiger partial charge in [0, 0.05) is 0 Å². The molecular weight excluding hydrogens is 184 g/mol. The average Bonchev–Trinajstić information content (AvgIpc) is 1.95. The van der Waals surface area contributed by atoms with E-state index in [4.69, 9.17) is 11.6 Å². The van der Waals surface area contributed by atoms with Gasteiger partial charge in [0.25, 0.3) is 0 Å². The van der Waals surface area contributed by atoms with Crippen LogP contribution in [0.2, 0.25) is 19.6 Å². The second kappa shape index (κ2) is 5.67. The van der Waals surface area contributed by atoms with Gasteiger partial charge in [-0.3, -0.25) is 0 Å². The molecule has 0 aromatic carbocycles. The highest BCUT2D eigenvalue weighted by molar-refractivity contribution is 6.83. The number of halogens is 1. The van der Waals surface area contributed by atoms with Crippen LogP contribution >= 0.6 is 11.6 Å². The molecular formula is C10H19ClSi. The molecule has 1 atom stereocenters. The molecule has 0 saturated heterocycles. The molecule has 0 aliphatic carbocycles. The first-order valence-corrected chi connectivity index (χ1v) is 8.56. The Morgan fingerprint density at radius 1 is 1.33 bits per heavy atom. The molecule has 2 heteroatoms. The highest BCUT2D eigenvalue weighted by Crippen LogP contribution is 2.07. The minimum atomic E-state index is -1.20. The van der Waals surface area contributed by atoms with Crippen LogP contribution in [0.3, 0.4) is 0 Å². The lowest BCUT2D eigenvalue weighted by atomic mass is 10.2. The molecule has 0 amide bonds. The van der Waals surface area contributed by atoms with Crippen LogP contribution in [0.1, 0.15) is 26.2 Å². The minimum absolute atomic E-state index is 0.0803. The molecule has 0 aromatic heterocycles. The molecule has 12 heavy (non-hydrogen) atoms. The van der Waals surface area contributed by atoms with Gasteiger partial charge in [0.15, 0.2) is 0 Å². The Bertz CT molecular complexity index is 171. The summed E-state index contributed by atoms with van der Waals surface area (Å²) in [5, 5.41) is 0.0803. The Hall–Kier alpha value is 0.0669. The second-order valence-corrected chi connectivity index (χ2v) is 9.41. The van der Waals surface area contributed by atoms with Gasteiger partial charge in [0.05, 0.1) is 5.38 Å². The Kier molecular flexibility index (Phi) is 5.70. The fourth-order valence-corrected chi connectivity index (χ4v) is 1.66. The molecule has 0 heterocycles. The number of hydrogen-bond acceptors (Lipinski definition) is 0. The lowest BCUT2D eigenvalue weighted by Gasteiger charge is -2.05. The molecule has 0 aliphatic rings. The molecule has 0 bridgehead atoms. The molecule has 0 nitrogen and oxygen atoms in total. The zero-order valence-electron chi connectivity index (χ0n) is 8.58. The average molecular weight is 203 g/mol. The first-order valence-electron chi connectivity index (χ1n) is 4.62. The van der Waals surface area contributed by atoms with Crippen LogP contribution < -0.4 is 0 Å². The van der Waals surface area contributed by atoms with Gasteiger partial charge in [-0.15, -0.1) is 17.1 Å². The molecule has 0 fully saturated rings. The van der Waals surface area contributed by atoms with Gasteiger partial charge >= 0.3 is 0 Å². The van der Waals surface area contributed by atoms with Crippen LogP contribution in [0.15, 0.2) is 0 Å². The molecule has 0 rings (SSSR count). The third-order valence-electron chi connectivity index (χ3n) is 1.41. The third kappa shape index (κ3) is 8.17. The van der Waals surface area contributed by atoms with Gasteiger partial charge in [-0.1, -0.05) is 45.3 Å². The van der Waals surface area contributed by atoms with Crippen LogP contribution in [-0.4, -0.2) is 13.5 Å². The van der Waals surface area contributed by atoms with Gasteiger partial charge in [-0.2, -0.15) is 0 Å². The summed E-state index contributed by atoms with van der Waals surface area (Å²) in [5.74, 6) is 3.13. The van der Waals surface area contributed by atoms with Crippen molar-refractivity contribution in [1.29, 1.82) is 0 Å². The van der Waals surface area contributed by atoms with E-state index in [1.807, 2.05) is 0 Å². The molecule has 0 spiro atoms. The van der Waals surface area contributed by atoms with Gasteiger partial charge in [0.1, 0.15) is 8.07 Å². The number of unbranched alkanes of at least 4 members (excludes halogenated alkanes) is 1. The van der Waals surface area contributed by atoms with Crippen molar-refractivity contribution in [1.82, 2.24) is 0 Å². The minimum Gasteiger partial charge on any atom is -0.130 e. The van der Waals surface area contributed by atoms with Crippen LogP contribution in [0, 0.1) is 11.5 Å². The number of rotatable bonds is 3. The molecule has 0 aromatic rings. The SMILES string of the molecule is CCCC[C@H](Cl)C#C[Si](C)(C)C. The maximum absolute atomic E-state index is 6.01. The summed E-state index contributed by atoms with van der Waals surface area (Å²) < 4.78 is 0. The maximum atomic E-state index is 6.01. The summed E-state index contributed by atoms with van der Waals surface area (Å²) in [4.78, 5) is 0. The zero-order valence-corrected chi connectivity index (χ0v) is 10.3. The summed E-state index contributed by atoms with van der Waals surface area (Å²) in [6.45, 7) is 8.89. The van der Waals surface area contributed by atoms with E-state index in [0.29, 0.717) is 0 Å². The van der Waals surface area contributed by atoms with Crippen LogP contribution in [0.4, 0.5) is 0 Å². The first-order chi connectivity index (χ1) is 5.45. The first kappa shape index (κ1) is 12.1. The maximum Gasteiger partial charge on any atom is 0.129 e. The standard InChI is InChI=1S/C10H19ClSi/c1-5-6-7-10(11)8-9-12(2,3)4/h10H,5-7H2,1-4H3/t10-/m0/s1. The predicted molar refractivity (Wildman–Crippen MR) is 60.3 cm³/mol. The Morgan fingerprint density at radius 2 is 1.92 bits per heavy atom. The molecule has 0 saturated carbocycles. The monoisotopic (exact) mass is 202 g/mol. The highest BCUT2D eigenvalue weighted by Gasteiger charge is 2.08. The van der Waals surface area contributed by atoms with E-state index in [2.05, 4.69) is 38.0 Å². The second-order valence-electron chi connectivity index (χ2n) is 4.13. The molecule has 70 valence electrons. The van der Waals surface area contributed by atoms with Crippen LogP contribution in [0.25, 0.3) is 0 Å². The Labute approximate surface area is 82.7 Å². The fourth-order valence-electron chi connectivity index (χ4n) is 0.750. The number of hydrogen-bond donors (Lipinski definition) is 0. The normalized spacial score (nSPS) is 13.4. The van der Waals surface area contributed by atoms with E-state index in [0.717, 1.165) is 6.42 Å². The summed E-state index contributed by atoms with van der Waals surface area (Å²) >= 11 is 6.01.